The first-order valence-electron chi connectivity index (χ1n) is 9.98. The van der Waals surface area contributed by atoms with E-state index in [0.29, 0.717) is 5.95 Å². The zero-order valence-electron chi connectivity index (χ0n) is 16.9. The SMILES string of the molecule is Cc1ccc(-c2cc3c(N4CCN(c5ncc(C(C)O)cn5)CC4)ncnn3c2)s1. The Morgan fingerprint density at radius 2 is 1.77 bits per heavy atom. The molecule has 4 aromatic heterocycles. The van der Waals surface area contributed by atoms with Gasteiger partial charge in [0.2, 0.25) is 5.95 Å². The van der Waals surface area contributed by atoms with Crippen molar-refractivity contribution < 1.29 is 5.11 Å². The van der Waals surface area contributed by atoms with Gasteiger partial charge in [-0.05, 0) is 32.0 Å². The predicted octanol–water partition coefficient (Wildman–Crippen LogP) is 2.94. The third-order valence-electron chi connectivity index (χ3n) is 5.41. The van der Waals surface area contributed by atoms with E-state index >= 15 is 0 Å². The molecule has 0 amide bonds. The highest BCUT2D eigenvalue weighted by atomic mass is 32.1. The Bertz CT molecular complexity index is 1160. The number of aryl methyl sites for hydroxylation is 1. The molecule has 154 valence electrons. The second-order valence-electron chi connectivity index (χ2n) is 7.52. The van der Waals surface area contributed by atoms with Crippen LogP contribution < -0.4 is 9.80 Å². The van der Waals surface area contributed by atoms with Crippen LogP contribution in [0.15, 0.2) is 43.1 Å². The summed E-state index contributed by atoms with van der Waals surface area (Å²) in [6.07, 6.45) is 6.53. The molecule has 8 nitrogen and oxygen atoms in total. The highest BCUT2D eigenvalue weighted by Gasteiger charge is 2.22. The van der Waals surface area contributed by atoms with Crippen molar-refractivity contribution in [2.24, 2.45) is 0 Å². The molecule has 1 N–H and O–H groups in total. The van der Waals surface area contributed by atoms with Gasteiger partial charge in [-0.3, -0.25) is 0 Å². The molecular weight excluding hydrogens is 398 g/mol. The molecule has 0 aromatic carbocycles. The molecule has 1 aliphatic heterocycles. The number of piperazine rings is 1. The fraction of sp³-hybridized carbons (Fsp3) is 0.333. The minimum atomic E-state index is -0.555. The van der Waals surface area contributed by atoms with Crippen molar-refractivity contribution in [3.05, 3.63) is 53.6 Å². The van der Waals surface area contributed by atoms with Crippen LogP contribution in [0.5, 0.6) is 0 Å². The van der Waals surface area contributed by atoms with Gasteiger partial charge in [0.05, 0.1) is 6.10 Å². The highest BCUT2D eigenvalue weighted by molar-refractivity contribution is 7.15. The van der Waals surface area contributed by atoms with Crippen LogP contribution in [0, 0.1) is 6.92 Å². The van der Waals surface area contributed by atoms with E-state index in [1.165, 1.54) is 15.3 Å². The van der Waals surface area contributed by atoms with Gasteiger partial charge in [0.1, 0.15) is 11.8 Å². The molecule has 1 aliphatic rings. The lowest BCUT2D eigenvalue weighted by Gasteiger charge is -2.35. The van der Waals surface area contributed by atoms with Crippen LogP contribution in [0.4, 0.5) is 11.8 Å². The van der Waals surface area contributed by atoms with Gasteiger partial charge in [0, 0.05) is 65.7 Å². The molecular formula is C21H23N7OS. The van der Waals surface area contributed by atoms with Gasteiger partial charge < -0.3 is 14.9 Å². The minimum absolute atomic E-state index is 0.555. The van der Waals surface area contributed by atoms with Crippen LogP contribution in [0.2, 0.25) is 0 Å². The molecule has 0 aliphatic carbocycles. The first-order chi connectivity index (χ1) is 14.6. The lowest BCUT2D eigenvalue weighted by Crippen LogP contribution is -2.47. The van der Waals surface area contributed by atoms with E-state index in [-0.39, 0.29) is 0 Å². The van der Waals surface area contributed by atoms with E-state index < -0.39 is 6.10 Å². The topological polar surface area (TPSA) is 82.7 Å². The Morgan fingerprint density at radius 1 is 1.03 bits per heavy atom. The van der Waals surface area contributed by atoms with Crippen molar-refractivity contribution in [1.82, 2.24) is 24.6 Å². The molecule has 0 saturated carbocycles. The first-order valence-corrected chi connectivity index (χ1v) is 10.8. The fourth-order valence-electron chi connectivity index (χ4n) is 3.71. The fourth-order valence-corrected chi connectivity index (χ4v) is 4.56. The van der Waals surface area contributed by atoms with Crippen LogP contribution in [-0.2, 0) is 0 Å². The molecule has 1 atom stereocenters. The summed E-state index contributed by atoms with van der Waals surface area (Å²) in [4.78, 5) is 20.4. The number of aromatic nitrogens is 5. The molecule has 5 heterocycles. The number of hydrogen-bond acceptors (Lipinski definition) is 8. The van der Waals surface area contributed by atoms with E-state index in [0.717, 1.165) is 43.1 Å². The zero-order valence-corrected chi connectivity index (χ0v) is 17.7. The normalized spacial score (nSPS) is 15.7. The van der Waals surface area contributed by atoms with E-state index in [1.807, 2.05) is 4.52 Å². The van der Waals surface area contributed by atoms with E-state index in [2.05, 4.69) is 61.2 Å². The number of thiophene rings is 1. The number of rotatable bonds is 4. The summed E-state index contributed by atoms with van der Waals surface area (Å²) in [5.41, 5.74) is 2.91. The molecule has 0 radical (unpaired) electrons. The van der Waals surface area contributed by atoms with Gasteiger partial charge in [-0.15, -0.1) is 11.3 Å². The van der Waals surface area contributed by atoms with Crippen LogP contribution >= 0.6 is 11.3 Å². The Hall–Kier alpha value is -3.04. The third kappa shape index (κ3) is 3.50. The third-order valence-corrected chi connectivity index (χ3v) is 6.46. The molecule has 30 heavy (non-hydrogen) atoms. The van der Waals surface area contributed by atoms with Gasteiger partial charge in [-0.1, -0.05) is 0 Å². The van der Waals surface area contributed by atoms with Gasteiger partial charge >= 0.3 is 0 Å². The number of fused-ring (bicyclic) bond motifs is 1. The van der Waals surface area contributed by atoms with Crippen molar-refractivity contribution in [3.63, 3.8) is 0 Å². The molecule has 1 saturated heterocycles. The molecule has 0 spiro atoms. The Labute approximate surface area is 178 Å². The van der Waals surface area contributed by atoms with E-state index in [4.69, 9.17) is 0 Å². The summed E-state index contributed by atoms with van der Waals surface area (Å²) in [7, 11) is 0. The molecule has 4 aromatic rings. The smallest absolute Gasteiger partial charge is 0.225 e. The zero-order chi connectivity index (χ0) is 20.7. The predicted molar refractivity (Wildman–Crippen MR) is 118 cm³/mol. The monoisotopic (exact) mass is 421 g/mol. The Kier molecular flexibility index (Phi) is 4.84. The van der Waals surface area contributed by atoms with Crippen molar-refractivity contribution >= 4 is 28.6 Å². The number of aliphatic hydroxyl groups is 1. The van der Waals surface area contributed by atoms with Gasteiger partial charge in [-0.25, -0.2) is 19.5 Å². The molecule has 0 bridgehead atoms. The van der Waals surface area contributed by atoms with Crippen molar-refractivity contribution in [2.75, 3.05) is 36.0 Å². The minimum Gasteiger partial charge on any atom is -0.389 e. The summed E-state index contributed by atoms with van der Waals surface area (Å²) in [5.74, 6) is 1.65. The standard InChI is InChI=1S/C21H23N7OS/c1-14-3-4-19(30-14)16-9-18-20(24-13-25-28(18)12-16)26-5-7-27(8-6-26)21-22-10-17(11-23-21)15(2)29/h3-4,9-13,15,29H,5-8H2,1-2H3. The van der Waals surface area contributed by atoms with Crippen LogP contribution in [0.25, 0.3) is 16.0 Å². The Balaban J connectivity index is 1.35. The molecule has 1 unspecified atom stereocenters. The summed E-state index contributed by atoms with van der Waals surface area (Å²) in [6, 6.07) is 6.47. The number of aliphatic hydroxyl groups excluding tert-OH is 1. The van der Waals surface area contributed by atoms with Gasteiger partial charge in [-0.2, -0.15) is 5.10 Å². The number of hydrogen-bond donors (Lipinski definition) is 1. The van der Waals surface area contributed by atoms with Crippen LogP contribution in [-0.4, -0.2) is 55.9 Å². The summed E-state index contributed by atoms with van der Waals surface area (Å²) in [6.45, 7) is 7.10. The lowest BCUT2D eigenvalue weighted by molar-refractivity contribution is 0.198. The van der Waals surface area contributed by atoms with E-state index in [9.17, 15) is 5.11 Å². The molecule has 5 rings (SSSR count). The second-order valence-corrected chi connectivity index (χ2v) is 8.81. The van der Waals surface area contributed by atoms with Crippen molar-refractivity contribution in [3.8, 4) is 10.4 Å². The molecule has 1 fully saturated rings. The first kappa shape index (κ1) is 19.0. The highest BCUT2D eigenvalue weighted by Crippen LogP contribution is 2.31. The largest absolute Gasteiger partial charge is 0.389 e. The average molecular weight is 422 g/mol. The van der Waals surface area contributed by atoms with Crippen molar-refractivity contribution in [2.45, 2.75) is 20.0 Å². The number of anilines is 2. The van der Waals surface area contributed by atoms with Crippen LogP contribution in [0.3, 0.4) is 0 Å². The second kappa shape index (κ2) is 7.66. The average Bonchev–Trinajstić information content (AvgIpc) is 3.40. The van der Waals surface area contributed by atoms with Crippen LogP contribution in [0.1, 0.15) is 23.5 Å². The number of nitrogens with zero attached hydrogens (tertiary/aromatic N) is 7. The summed E-state index contributed by atoms with van der Waals surface area (Å²) < 4.78 is 1.91. The summed E-state index contributed by atoms with van der Waals surface area (Å²) >= 11 is 1.79. The van der Waals surface area contributed by atoms with Gasteiger partial charge in [0.15, 0.2) is 5.82 Å². The Morgan fingerprint density at radius 3 is 2.43 bits per heavy atom. The van der Waals surface area contributed by atoms with E-state index in [1.54, 1.807) is 37.0 Å². The molecule has 9 heteroatoms. The summed E-state index contributed by atoms with van der Waals surface area (Å²) in [5, 5.41) is 14.0. The maximum absolute atomic E-state index is 9.63. The maximum atomic E-state index is 9.63. The maximum Gasteiger partial charge on any atom is 0.225 e. The quantitative estimate of drug-likeness (QED) is 0.542. The van der Waals surface area contributed by atoms with Crippen molar-refractivity contribution in [1.29, 1.82) is 0 Å². The lowest BCUT2D eigenvalue weighted by atomic mass is 10.2. The van der Waals surface area contributed by atoms with Gasteiger partial charge in [0.25, 0.3) is 0 Å².